The van der Waals surface area contributed by atoms with Gasteiger partial charge in [-0.1, -0.05) is 11.6 Å². The number of hydrogen-bond donors (Lipinski definition) is 1. The van der Waals surface area contributed by atoms with Crippen molar-refractivity contribution in [1.29, 1.82) is 0 Å². The molecule has 1 aromatic heterocycles. The molecule has 2 aromatic rings. The molecule has 0 saturated heterocycles. The summed E-state index contributed by atoms with van der Waals surface area (Å²) in [5.74, 6) is 2.69. The van der Waals surface area contributed by atoms with E-state index in [1.807, 2.05) is 12.1 Å². The van der Waals surface area contributed by atoms with Gasteiger partial charge in [0.25, 0.3) is 0 Å². The van der Waals surface area contributed by atoms with Crippen molar-refractivity contribution in [3.63, 3.8) is 0 Å². The number of rotatable bonds is 2. The Morgan fingerprint density at radius 2 is 2.21 bits per heavy atom. The molecule has 5 heteroatoms. The Morgan fingerprint density at radius 1 is 1.37 bits per heavy atom. The quantitative estimate of drug-likeness (QED) is 0.887. The largest absolute Gasteiger partial charge is 0.496 e. The maximum atomic E-state index is 6.05. The monoisotopic (exact) mass is 258 g/mol. The summed E-state index contributed by atoms with van der Waals surface area (Å²) in [6.45, 7) is 2.83. The molecule has 3 rings (SSSR count). The lowest BCUT2D eigenvalue weighted by molar-refractivity contribution is 0.414. The fourth-order valence-corrected chi connectivity index (χ4v) is 2.55. The van der Waals surface area contributed by atoms with E-state index in [1.54, 1.807) is 7.11 Å². The third-order valence-electron chi connectivity index (χ3n) is 3.58. The number of aryl methyl sites for hydroxylation is 2. The van der Waals surface area contributed by atoms with Crippen molar-refractivity contribution in [2.24, 2.45) is 5.73 Å². The van der Waals surface area contributed by atoms with Gasteiger partial charge in [-0.2, -0.15) is 0 Å². The Labute approximate surface area is 112 Å². The van der Waals surface area contributed by atoms with Gasteiger partial charge >= 0.3 is 0 Å². The van der Waals surface area contributed by atoms with Gasteiger partial charge in [-0.3, -0.25) is 0 Å². The van der Waals surface area contributed by atoms with Crippen LogP contribution in [0.4, 0.5) is 0 Å². The van der Waals surface area contributed by atoms with E-state index < -0.39 is 0 Å². The summed E-state index contributed by atoms with van der Waals surface area (Å²) in [5, 5.41) is 8.60. The zero-order valence-electron chi connectivity index (χ0n) is 11.3. The van der Waals surface area contributed by atoms with Crippen molar-refractivity contribution in [1.82, 2.24) is 14.8 Å². The first-order valence-corrected chi connectivity index (χ1v) is 6.51. The molecule has 1 aromatic carbocycles. The Morgan fingerprint density at radius 3 is 3.00 bits per heavy atom. The van der Waals surface area contributed by atoms with Crippen molar-refractivity contribution in [3.05, 3.63) is 29.6 Å². The Hall–Kier alpha value is -1.88. The van der Waals surface area contributed by atoms with Crippen molar-refractivity contribution in [2.75, 3.05) is 7.11 Å². The first-order valence-electron chi connectivity index (χ1n) is 6.51. The summed E-state index contributed by atoms with van der Waals surface area (Å²) in [4.78, 5) is 0. The molecule has 1 unspecified atom stereocenters. The lowest BCUT2D eigenvalue weighted by Gasteiger charge is -2.21. The van der Waals surface area contributed by atoms with E-state index in [0.717, 1.165) is 42.3 Å². The van der Waals surface area contributed by atoms with E-state index in [-0.39, 0.29) is 6.04 Å². The molecule has 0 aliphatic carbocycles. The van der Waals surface area contributed by atoms with Crippen molar-refractivity contribution in [3.8, 4) is 17.1 Å². The average molecular weight is 258 g/mol. The summed E-state index contributed by atoms with van der Waals surface area (Å²) in [6.07, 6.45) is 1.87. The summed E-state index contributed by atoms with van der Waals surface area (Å²) in [6, 6.07) is 6.26. The van der Waals surface area contributed by atoms with Crippen LogP contribution in [0.1, 0.15) is 17.8 Å². The topological polar surface area (TPSA) is 66.0 Å². The second-order valence-corrected chi connectivity index (χ2v) is 5.05. The van der Waals surface area contributed by atoms with Crippen LogP contribution in [0.25, 0.3) is 11.4 Å². The zero-order chi connectivity index (χ0) is 13.4. The molecule has 5 nitrogen and oxygen atoms in total. The van der Waals surface area contributed by atoms with Gasteiger partial charge in [0, 0.05) is 19.0 Å². The number of benzene rings is 1. The number of nitrogens with zero attached hydrogens (tertiary/aromatic N) is 3. The van der Waals surface area contributed by atoms with Gasteiger partial charge in [-0.05, 0) is 25.5 Å². The minimum Gasteiger partial charge on any atom is -0.496 e. The Balaban J connectivity index is 2.12. The normalized spacial score (nSPS) is 18.2. The molecule has 1 atom stereocenters. The lowest BCUT2D eigenvalue weighted by Crippen LogP contribution is -2.32. The van der Waals surface area contributed by atoms with Gasteiger partial charge in [0.2, 0.25) is 0 Å². The van der Waals surface area contributed by atoms with Crippen LogP contribution in [0.3, 0.4) is 0 Å². The summed E-state index contributed by atoms with van der Waals surface area (Å²) in [7, 11) is 1.67. The van der Waals surface area contributed by atoms with Gasteiger partial charge in [-0.15, -0.1) is 10.2 Å². The fourth-order valence-electron chi connectivity index (χ4n) is 2.55. The molecular formula is C14H18N4O. The highest BCUT2D eigenvalue weighted by molar-refractivity contribution is 5.65. The molecule has 0 bridgehead atoms. The van der Waals surface area contributed by atoms with Crippen LogP contribution in [0.15, 0.2) is 18.2 Å². The van der Waals surface area contributed by atoms with Crippen LogP contribution in [-0.2, 0) is 13.0 Å². The summed E-state index contributed by atoms with van der Waals surface area (Å²) >= 11 is 0. The molecule has 0 saturated carbocycles. The fraction of sp³-hybridized carbons (Fsp3) is 0.429. The van der Waals surface area contributed by atoms with Crippen LogP contribution in [0, 0.1) is 6.92 Å². The molecule has 0 amide bonds. The number of hydrogen-bond acceptors (Lipinski definition) is 4. The predicted octanol–water partition coefficient (Wildman–Crippen LogP) is 1.54. The third kappa shape index (κ3) is 2.10. The van der Waals surface area contributed by atoms with E-state index in [2.05, 4.69) is 27.8 Å². The van der Waals surface area contributed by atoms with E-state index in [1.165, 1.54) is 5.56 Å². The maximum absolute atomic E-state index is 6.05. The van der Waals surface area contributed by atoms with E-state index >= 15 is 0 Å². The first-order chi connectivity index (χ1) is 9.19. The second kappa shape index (κ2) is 4.66. The van der Waals surface area contributed by atoms with Crippen LogP contribution in [0.5, 0.6) is 5.75 Å². The molecule has 0 radical (unpaired) electrons. The molecule has 1 aliphatic heterocycles. The molecule has 2 heterocycles. The summed E-state index contributed by atoms with van der Waals surface area (Å²) in [5.41, 5.74) is 8.20. The number of aromatic nitrogens is 3. The average Bonchev–Trinajstić information content (AvgIpc) is 2.81. The van der Waals surface area contributed by atoms with Crippen LogP contribution >= 0.6 is 0 Å². The molecule has 19 heavy (non-hydrogen) atoms. The number of ether oxygens (including phenoxy) is 1. The molecule has 0 spiro atoms. The van der Waals surface area contributed by atoms with Gasteiger partial charge in [-0.25, -0.2) is 0 Å². The maximum Gasteiger partial charge on any atom is 0.167 e. The number of nitrogens with two attached hydrogens (primary N) is 1. The number of fused-ring (bicyclic) bond motifs is 1. The van der Waals surface area contributed by atoms with E-state index in [0.29, 0.717) is 0 Å². The SMILES string of the molecule is COc1ccc(C)cc1-c1nnc2n1CC(N)CC2. The molecule has 100 valence electrons. The van der Waals surface area contributed by atoms with E-state index in [9.17, 15) is 0 Å². The molecule has 1 aliphatic rings. The summed E-state index contributed by atoms with van der Waals surface area (Å²) < 4.78 is 7.55. The van der Waals surface area contributed by atoms with Crippen molar-refractivity contribution < 1.29 is 4.74 Å². The van der Waals surface area contributed by atoms with Crippen LogP contribution in [-0.4, -0.2) is 27.9 Å². The lowest BCUT2D eigenvalue weighted by atomic mass is 10.1. The Kier molecular flexibility index (Phi) is 2.98. The van der Waals surface area contributed by atoms with Gasteiger partial charge in [0.15, 0.2) is 5.82 Å². The van der Waals surface area contributed by atoms with Crippen molar-refractivity contribution >= 4 is 0 Å². The predicted molar refractivity (Wildman–Crippen MR) is 73.0 cm³/mol. The van der Waals surface area contributed by atoms with Gasteiger partial charge in [0.1, 0.15) is 11.6 Å². The van der Waals surface area contributed by atoms with Crippen LogP contribution < -0.4 is 10.5 Å². The molecular weight excluding hydrogens is 240 g/mol. The standard InChI is InChI=1S/C14H18N4O/c1-9-3-5-12(19-2)11(7-9)14-17-16-13-6-4-10(15)8-18(13)14/h3,5,7,10H,4,6,8,15H2,1-2H3. The smallest absolute Gasteiger partial charge is 0.167 e. The highest BCUT2D eigenvalue weighted by Crippen LogP contribution is 2.31. The van der Waals surface area contributed by atoms with Gasteiger partial charge < -0.3 is 15.0 Å². The number of methoxy groups -OCH3 is 1. The second-order valence-electron chi connectivity index (χ2n) is 5.05. The first kappa shape index (κ1) is 12.2. The van der Waals surface area contributed by atoms with Crippen molar-refractivity contribution in [2.45, 2.75) is 32.4 Å². The minimum atomic E-state index is 0.179. The minimum absolute atomic E-state index is 0.179. The van der Waals surface area contributed by atoms with Crippen LogP contribution in [0.2, 0.25) is 0 Å². The molecule has 2 N–H and O–H groups in total. The highest BCUT2D eigenvalue weighted by Gasteiger charge is 2.22. The van der Waals surface area contributed by atoms with Gasteiger partial charge in [0.05, 0.1) is 12.7 Å². The highest BCUT2D eigenvalue weighted by atomic mass is 16.5. The van der Waals surface area contributed by atoms with E-state index in [4.69, 9.17) is 10.5 Å². The Bertz CT molecular complexity index is 605. The molecule has 0 fully saturated rings. The third-order valence-corrected chi connectivity index (χ3v) is 3.58. The zero-order valence-corrected chi connectivity index (χ0v) is 11.3.